The summed E-state index contributed by atoms with van der Waals surface area (Å²) in [7, 11) is 0. The molecule has 0 spiro atoms. The molecule has 0 saturated carbocycles. The summed E-state index contributed by atoms with van der Waals surface area (Å²) in [5.74, 6) is 1.07. The van der Waals surface area contributed by atoms with Gasteiger partial charge in [-0.2, -0.15) is 0 Å². The summed E-state index contributed by atoms with van der Waals surface area (Å²) in [6.45, 7) is 6.32. The molecule has 2 N–H and O–H groups in total. The molecule has 1 rings (SSSR count). The zero-order valence-corrected chi connectivity index (χ0v) is 11.4. The number of aliphatic hydroxyl groups is 1. The van der Waals surface area contributed by atoms with Crippen molar-refractivity contribution in [1.29, 1.82) is 0 Å². The first-order valence-corrected chi connectivity index (χ1v) is 6.67. The van der Waals surface area contributed by atoms with Gasteiger partial charge in [-0.1, -0.05) is 33.6 Å². The van der Waals surface area contributed by atoms with E-state index >= 15 is 0 Å². The Hall–Kier alpha value is -1.29. The van der Waals surface area contributed by atoms with Crippen molar-refractivity contribution in [3.63, 3.8) is 0 Å². The molecule has 0 saturated heterocycles. The molecule has 0 bridgehead atoms. The van der Waals surface area contributed by atoms with Gasteiger partial charge in [0.2, 0.25) is 0 Å². The molecule has 1 amide bonds. The van der Waals surface area contributed by atoms with Gasteiger partial charge in [-0.15, -0.1) is 0 Å². The van der Waals surface area contributed by atoms with Gasteiger partial charge in [-0.3, -0.25) is 4.79 Å². The quantitative estimate of drug-likeness (QED) is 0.784. The molecule has 1 aromatic rings. The van der Waals surface area contributed by atoms with E-state index in [9.17, 15) is 9.90 Å². The summed E-state index contributed by atoms with van der Waals surface area (Å²) >= 11 is 0. The molecule has 1 aromatic heterocycles. The minimum Gasteiger partial charge on any atom is -0.456 e. The highest BCUT2D eigenvalue weighted by atomic mass is 16.3. The molecule has 0 radical (unpaired) electrons. The summed E-state index contributed by atoms with van der Waals surface area (Å²) in [6, 6.07) is 3.46. The zero-order valence-electron chi connectivity index (χ0n) is 11.4. The van der Waals surface area contributed by atoms with Crippen LogP contribution in [0.25, 0.3) is 0 Å². The van der Waals surface area contributed by atoms with Gasteiger partial charge in [0.25, 0.3) is 5.91 Å². The lowest BCUT2D eigenvalue weighted by atomic mass is 9.96. The number of rotatable bonds is 7. The lowest BCUT2D eigenvalue weighted by Crippen LogP contribution is -2.35. The largest absolute Gasteiger partial charge is 0.456 e. The van der Waals surface area contributed by atoms with Crippen LogP contribution in [-0.2, 0) is 6.42 Å². The fourth-order valence-corrected chi connectivity index (χ4v) is 1.97. The molecule has 1 unspecified atom stereocenters. The summed E-state index contributed by atoms with van der Waals surface area (Å²) in [5.41, 5.74) is 0. The molecule has 1 heterocycles. The Morgan fingerprint density at radius 3 is 2.50 bits per heavy atom. The van der Waals surface area contributed by atoms with Crippen LogP contribution < -0.4 is 5.32 Å². The molecule has 0 aliphatic carbocycles. The van der Waals surface area contributed by atoms with Crippen molar-refractivity contribution in [2.75, 3.05) is 6.54 Å². The van der Waals surface area contributed by atoms with Crippen LogP contribution in [0.5, 0.6) is 0 Å². The fourth-order valence-electron chi connectivity index (χ4n) is 1.97. The van der Waals surface area contributed by atoms with Crippen molar-refractivity contribution < 1.29 is 14.3 Å². The van der Waals surface area contributed by atoms with Crippen LogP contribution in [0.4, 0.5) is 0 Å². The number of hydrogen-bond acceptors (Lipinski definition) is 3. The van der Waals surface area contributed by atoms with Crippen LogP contribution >= 0.6 is 0 Å². The SMILES string of the molecule is CCc1ccc(C(=O)NCC(O)C(CC)CC)o1. The van der Waals surface area contributed by atoms with Crippen LogP contribution in [0.3, 0.4) is 0 Å². The van der Waals surface area contributed by atoms with E-state index in [1.807, 2.05) is 20.8 Å². The second-order valence-corrected chi connectivity index (χ2v) is 4.47. The van der Waals surface area contributed by atoms with Crippen molar-refractivity contribution >= 4 is 5.91 Å². The first-order chi connectivity index (χ1) is 8.62. The third kappa shape index (κ3) is 3.88. The first-order valence-electron chi connectivity index (χ1n) is 6.67. The van der Waals surface area contributed by atoms with Gasteiger partial charge in [0.05, 0.1) is 6.10 Å². The number of amides is 1. The summed E-state index contributed by atoms with van der Waals surface area (Å²) in [4.78, 5) is 11.8. The molecule has 102 valence electrons. The van der Waals surface area contributed by atoms with Gasteiger partial charge < -0.3 is 14.8 Å². The van der Waals surface area contributed by atoms with E-state index in [-0.39, 0.29) is 18.4 Å². The van der Waals surface area contributed by atoms with Crippen LogP contribution in [-0.4, -0.2) is 23.7 Å². The Labute approximate surface area is 108 Å². The van der Waals surface area contributed by atoms with Crippen molar-refractivity contribution in [3.05, 3.63) is 23.7 Å². The number of aliphatic hydroxyl groups excluding tert-OH is 1. The van der Waals surface area contributed by atoms with E-state index < -0.39 is 6.10 Å². The second-order valence-electron chi connectivity index (χ2n) is 4.47. The Kier molecular flexibility index (Phi) is 5.92. The van der Waals surface area contributed by atoms with E-state index in [2.05, 4.69) is 5.32 Å². The molecule has 0 aliphatic rings. The van der Waals surface area contributed by atoms with E-state index in [0.717, 1.165) is 25.0 Å². The predicted octanol–water partition coefficient (Wildman–Crippen LogP) is 2.37. The molecule has 18 heavy (non-hydrogen) atoms. The third-order valence-corrected chi connectivity index (χ3v) is 3.30. The minimum absolute atomic E-state index is 0.230. The predicted molar refractivity (Wildman–Crippen MR) is 70.5 cm³/mol. The average Bonchev–Trinajstić information content (AvgIpc) is 2.86. The Morgan fingerprint density at radius 2 is 2.00 bits per heavy atom. The molecule has 0 aromatic carbocycles. The van der Waals surface area contributed by atoms with Crippen molar-refractivity contribution in [2.24, 2.45) is 5.92 Å². The molecule has 0 aliphatic heterocycles. The van der Waals surface area contributed by atoms with Crippen molar-refractivity contribution in [2.45, 2.75) is 46.1 Å². The maximum absolute atomic E-state index is 11.8. The smallest absolute Gasteiger partial charge is 0.287 e. The number of carbonyl (C=O) groups excluding carboxylic acids is 1. The monoisotopic (exact) mass is 253 g/mol. The maximum Gasteiger partial charge on any atom is 0.287 e. The Balaban J connectivity index is 2.45. The number of carbonyl (C=O) groups is 1. The van der Waals surface area contributed by atoms with Crippen LogP contribution in [0, 0.1) is 5.92 Å². The van der Waals surface area contributed by atoms with E-state index in [0.29, 0.717) is 5.76 Å². The third-order valence-electron chi connectivity index (χ3n) is 3.30. The van der Waals surface area contributed by atoms with Gasteiger partial charge in [0.15, 0.2) is 5.76 Å². The van der Waals surface area contributed by atoms with Crippen molar-refractivity contribution in [3.8, 4) is 0 Å². The second kappa shape index (κ2) is 7.21. The van der Waals surface area contributed by atoms with Crippen LogP contribution in [0.15, 0.2) is 16.5 Å². The van der Waals surface area contributed by atoms with Crippen molar-refractivity contribution in [1.82, 2.24) is 5.32 Å². The lowest BCUT2D eigenvalue weighted by Gasteiger charge is -2.19. The Morgan fingerprint density at radius 1 is 1.33 bits per heavy atom. The minimum atomic E-state index is -0.496. The summed E-state index contributed by atoms with van der Waals surface area (Å²) in [6.07, 6.45) is 2.09. The normalized spacial score (nSPS) is 12.7. The average molecular weight is 253 g/mol. The summed E-state index contributed by atoms with van der Waals surface area (Å²) in [5, 5.41) is 12.6. The van der Waals surface area contributed by atoms with Gasteiger partial charge in [0.1, 0.15) is 5.76 Å². The Bertz CT molecular complexity index is 369. The highest BCUT2D eigenvalue weighted by molar-refractivity contribution is 5.91. The first kappa shape index (κ1) is 14.8. The number of furan rings is 1. The zero-order chi connectivity index (χ0) is 13.5. The number of hydrogen-bond donors (Lipinski definition) is 2. The van der Waals surface area contributed by atoms with Gasteiger partial charge in [-0.05, 0) is 18.1 Å². The molecular weight excluding hydrogens is 230 g/mol. The van der Waals surface area contributed by atoms with Gasteiger partial charge in [-0.25, -0.2) is 0 Å². The van der Waals surface area contributed by atoms with Gasteiger partial charge >= 0.3 is 0 Å². The molecule has 4 nitrogen and oxygen atoms in total. The highest BCUT2D eigenvalue weighted by Crippen LogP contribution is 2.13. The molecular formula is C14H23NO3. The molecule has 0 fully saturated rings. The lowest BCUT2D eigenvalue weighted by molar-refractivity contribution is 0.0795. The van der Waals surface area contributed by atoms with E-state index in [1.54, 1.807) is 12.1 Å². The number of nitrogens with one attached hydrogen (secondary N) is 1. The number of aryl methyl sites for hydroxylation is 1. The molecule has 4 heteroatoms. The summed E-state index contributed by atoms with van der Waals surface area (Å²) < 4.78 is 5.35. The highest BCUT2D eigenvalue weighted by Gasteiger charge is 2.17. The fraction of sp³-hybridized carbons (Fsp3) is 0.643. The molecule has 1 atom stereocenters. The van der Waals surface area contributed by atoms with E-state index in [4.69, 9.17) is 4.42 Å². The van der Waals surface area contributed by atoms with Gasteiger partial charge in [0, 0.05) is 13.0 Å². The van der Waals surface area contributed by atoms with E-state index in [1.165, 1.54) is 0 Å². The van der Waals surface area contributed by atoms with Crippen LogP contribution in [0.2, 0.25) is 0 Å². The maximum atomic E-state index is 11.8. The topological polar surface area (TPSA) is 62.5 Å². The van der Waals surface area contributed by atoms with Crippen LogP contribution in [0.1, 0.15) is 49.9 Å². The standard InChI is InChI=1S/C14H23NO3/c1-4-10(5-2)12(16)9-15-14(17)13-8-7-11(6-3)18-13/h7-8,10,12,16H,4-6,9H2,1-3H3,(H,15,17).